The number of aryl methyl sites for hydroxylation is 2. The number of ether oxygens (including phenoxy) is 1. The predicted octanol–water partition coefficient (Wildman–Crippen LogP) is 2.10. The van der Waals surface area contributed by atoms with Crippen LogP contribution in [0.1, 0.15) is 11.1 Å². The molecule has 0 unspecified atom stereocenters. The van der Waals surface area contributed by atoms with Crippen LogP contribution in [0.3, 0.4) is 0 Å². The fourth-order valence-corrected chi connectivity index (χ4v) is 2.15. The Morgan fingerprint density at radius 2 is 2.09 bits per heavy atom. The minimum Gasteiger partial charge on any atom is -0.488 e. The van der Waals surface area contributed by atoms with Crippen LogP contribution in [-0.4, -0.2) is 19.8 Å². The van der Waals surface area contributed by atoms with Gasteiger partial charge in [0.1, 0.15) is 18.6 Å². The summed E-state index contributed by atoms with van der Waals surface area (Å²) in [6.07, 6.45) is 1.34. The van der Waals surface area contributed by atoms with Gasteiger partial charge in [-0.05, 0) is 29.0 Å². The zero-order valence-electron chi connectivity index (χ0n) is 12.0. The number of halogens is 1. The van der Waals surface area contributed by atoms with Gasteiger partial charge in [0, 0.05) is 7.05 Å². The van der Waals surface area contributed by atoms with E-state index in [-0.39, 0.29) is 12.5 Å². The van der Waals surface area contributed by atoms with Gasteiger partial charge in [0.25, 0.3) is 0 Å². The van der Waals surface area contributed by atoms with E-state index in [1.807, 2.05) is 31.2 Å². The van der Waals surface area contributed by atoms with Crippen molar-refractivity contribution in [3.05, 3.63) is 57.2 Å². The lowest BCUT2D eigenvalue weighted by Gasteiger charge is -2.08. The average molecular weight is 321 g/mol. The summed E-state index contributed by atoms with van der Waals surface area (Å²) < 4.78 is 13.2. The molecule has 3 aromatic rings. The van der Waals surface area contributed by atoms with Gasteiger partial charge in [-0.2, -0.15) is 4.68 Å². The van der Waals surface area contributed by atoms with Crippen LogP contribution in [0.5, 0.6) is 5.75 Å². The number of furan rings is 1. The Morgan fingerprint density at radius 3 is 2.77 bits per heavy atom. The molecule has 8 heteroatoms. The minimum atomic E-state index is -0.428. The highest BCUT2D eigenvalue weighted by molar-refractivity contribution is 6.31. The molecule has 0 radical (unpaired) electrons. The van der Waals surface area contributed by atoms with Crippen molar-refractivity contribution in [1.82, 2.24) is 19.8 Å². The molecule has 2 heterocycles. The smallest absolute Gasteiger partial charge is 0.370 e. The van der Waals surface area contributed by atoms with Crippen molar-refractivity contribution in [3.8, 4) is 11.6 Å². The van der Waals surface area contributed by atoms with Crippen molar-refractivity contribution in [1.29, 1.82) is 0 Å². The number of hydrogen-bond donors (Lipinski definition) is 0. The van der Waals surface area contributed by atoms with Crippen LogP contribution >= 0.6 is 11.6 Å². The predicted molar refractivity (Wildman–Crippen MR) is 79.4 cm³/mol. The molecule has 0 amide bonds. The number of para-hydroxylation sites is 1. The summed E-state index contributed by atoms with van der Waals surface area (Å²) in [5.41, 5.74) is 1.11. The molecule has 0 N–H and O–H groups in total. The molecule has 0 bridgehead atoms. The van der Waals surface area contributed by atoms with Crippen molar-refractivity contribution in [2.75, 3.05) is 0 Å². The number of hydrogen-bond acceptors (Lipinski definition) is 5. The minimum absolute atomic E-state index is 0.151. The van der Waals surface area contributed by atoms with Crippen molar-refractivity contribution in [2.24, 2.45) is 7.05 Å². The van der Waals surface area contributed by atoms with E-state index in [4.69, 9.17) is 20.8 Å². The van der Waals surface area contributed by atoms with Gasteiger partial charge in [-0.3, -0.25) is 0 Å². The van der Waals surface area contributed by atoms with Crippen molar-refractivity contribution >= 4 is 11.6 Å². The van der Waals surface area contributed by atoms with E-state index >= 15 is 0 Å². The first-order valence-electron chi connectivity index (χ1n) is 6.51. The van der Waals surface area contributed by atoms with E-state index in [0.717, 1.165) is 20.7 Å². The van der Waals surface area contributed by atoms with Crippen LogP contribution in [-0.2, 0) is 13.7 Å². The average Bonchev–Trinajstić information content (AvgIpc) is 3.02. The molecule has 7 nitrogen and oxygen atoms in total. The standard InChI is InChI=1S/C14H13ClN4O3/c1-9-5-3-4-6-12(9)21-7-10-11(15)8-22-13(10)19-14(20)18(2)16-17-19/h3-6,8H,7H2,1-2H3. The maximum absolute atomic E-state index is 11.9. The molecular weight excluding hydrogens is 308 g/mol. The topological polar surface area (TPSA) is 75.1 Å². The summed E-state index contributed by atoms with van der Waals surface area (Å²) >= 11 is 6.12. The van der Waals surface area contributed by atoms with Crippen LogP contribution in [0.15, 0.2) is 39.7 Å². The number of rotatable bonds is 4. The number of benzene rings is 1. The molecule has 3 rings (SSSR count). The Labute approximate surface area is 130 Å². The monoisotopic (exact) mass is 320 g/mol. The third-order valence-electron chi connectivity index (χ3n) is 3.20. The van der Waals surface area contributed by atoms with Crippen molar-refractivity contribution < 1.29 is 9.15 Å². The van der Waals surface area contributed by atoms with Crippen molar-refractivity contribution in [2.45, 2.75) is 13.5 Å². The quantitative estimate of drug-likeness (QED) is 0.736. The Bertz CT molecular complexity index is 865. The Kier molecular flexibility index (Phi) is 3.72. The molecule has 22 heavy (non-hydrogen) atoms. The largest absolute Gasteiger partial charge is 0.488 e. The number of tetrazole rings is 1. The van der Waals surface area contributed by atoms with Gasteiger partial charge < -0.3 is 9.15 Å². The summed E-state index contributed by atoms with van der Waals surface area (Å²) in [5, 5.41) is 7.75. The number of aromatic nitrogens is 4. The second-order valence-electron chi connectivity index (χ2n) is 4.72. The summed E-state index contributed by atoms with van der Waals surface area (Å²) in [6, 6.07) is 7.61. The van der Waals surface area contributed by atoms with Gasteiger partial charge in [0.15, 0.2) is 0 Å². The second-order valence-corrected chi connectivity index (χ2v) is 5.13. The van der Waals surface area contributed by atoms with E-state index in [9.17, 15) is 4.79 Å². The van der Waals surface area contributed by atoms with E-state index in [2.05, 4.69) is 10.4 Å². The maximum atomic E-state index is 11.9. The SMILES string of the molecule is Cc1ccccc1OCc1c(Cl)coc1-n1nnn(C)c1=O. The first-order chi connectivity index (χ1) is 10.6. The zero-order valence-corrected chi connectivity index (χ0v) is 12.7. The van der Waals surface area contributed by atoms with Crippen LogP contribution in [0.25, 0.3) is 5.88 Å². The Hall–Kier alpha value is -2.54. The summed E-state index contributed by atoms with van der Waals surface area (Å²) in [6.45, 7) is 2.10. The van der Waals surface area contributed by atoms with Gasteiger partial charge in [-0.1, -0.05) is 29.8 Å². The fraction of sp³-hybridized carbons (Fsp3) is 0.214. The van der Waals surface area contributed by atoms with E-state index in [1.165, 1.54) is 13.3 Å². The molecule has 0 aliphatic carbocycles. The third kappa shape index (κ3) is 2.50. The molecule has 1 aromatic carbocycles. The van der Waals surface area contributed by atoms with Gasteiger partial charge in [-0.15, -0.1) is 4.68 Å². The molecule has 0 fully saturated rings. The van der Waals surface area contributed by atoms with E-state index in [1.54, 1.807) is 0 Å². The van der Waals surface area contributed by atoms with Gasteiger partial charge in [-0.25, -0.2) is 4.79 Å². The lowest BCUT2D eigenvalue weighted by Crippen LogP contribution is -2.22. The van der Waals surface area contributed by atoms with E-state index in [0.29, 0.717) is 10.6 Å². The van der Waals surface area contributed by atoms with Crippen molar-refractivity contribution in [3.63, 3.8) is 0 Å². The normalized spacial score (nSPS) is 10.9. The first kappa shape index (κ1) is 14.4. The zero-order chi connectivity index (χ0) is 15.7. The van der Waals surface area contributed by atoms with E-state index < -0.39 is 5.69 Å². The highest BCUT2D eigenvalue weighted by atomic mass is 35.5. The Balaban J connectivity index is 1.92. The highest BCUT2D eigenvalue weighted by Gasteiger charge is 2.19. The molecular formula is C14H13ClN4O3. The molecule has 0 atom stereocenters. The van der Waals surface area contributed by atoms with Gasteiger partial charge in [0.05, 0.1) is 10.6 Å². The van der Waals surface area contributed by atoms with Crippen LogP contribution < -0.4 is 10.4 Å². The molecule has 0 aliphatic heterocycles. The maximum Gasteiger partial charge on any atom is 0.370 e. The van der Waals surface area contributed by atoms with Crippen LogP contribution in [0.2, 0.25) is 5.02 Å². The molecule has 0 saturated carbocycles. The number of nitrogens with zero attached hydrogens (tertiary/aromatic N) is 4. The van der Waals surface area contributed by atoms with Gasteiger partial charge in [0.2, 0.25) is 5.88 Å². The second kappa shape index (κ2) is 5.69. The molecule has 0 spiro atoms. The molecule has 0 aliphatic rings. The van der Waals surface area contributed by atoms with Crippen LogP contribution in [0, 0.1) is 6.92 Å². The third-order valence-corrected chi connectivity index (χ3v) is 3.52. The lowest BCUT2D eigenvalue weighted by molar-refractivity contribution is 0.301. The molecule has 0 saturated heterocycles. The molecule has 2 aromatic heterocycles. The Morgan fingerprint density at radius 1 is 1.32 bits per heavy atom. The lowest BCUT2D eigenvalue weighted by atomic mass is 10.2. The van der Waals surface area contributed by atoms with Crippen LogP contribution in [0.4, 0.5) is 0 Å². The summed E-state index contributed by atoms with van der Waals surface area (Å²) in [4.78, 5) is 11.9. The molecule has 114 valence electrons. The summed E-state index contributed by atoms with van der Waals surface area (Å²) in [5.74, 6) is 0.939. The van der Waals surface area contributed by atoms with Gasteiger partial charge >= 0.3 is 5.69 Å². The summed E-state index contributed by atoms with van der Waals surface area (Å²) in [7, 11) is 1.50. The fourth-order valence-electron chi connectivity index (χ4n) is 1.97. The highest BCUT2D eigenvalue weighted by Crippen LogP contribution is 2.27. The first-order valence-corrected chi connectivity index (χ1v) is 6.89.